The molecule has 0 saturated carbocycles. The number of para-hydroxylation sites is 1. The summed E-state index contributed by atoms with van der Waals surface area (Å²) >= 11 is 0. The van der Waals surface area contributed by atoms with Crippen LogP contribution >= 0.6 is 0 Å². The van der Waals surface area contributed by atoms with Crippen LogP contribution in [-0.4, -0.2) is 30.2 Å². The molecule has 5 heteroatoms. The zero-order valence-electron chi connectivity index (χ0n) is 18.6. The van der Waals surface area contributed by atoms with Gasteiger partial charge in [0, 0.05) is 36.2 Å². The van der Waals surface area contributed by atoms with Gasteiger partial charge in [-0.2, -0.15) is 0 Å². The number of benzene rings is 2. The van der Waals surface area contributed by atoms with Gasteiger partial charge in [0.25, 0.3) is 0 Å². The summed E-state index contributed by atoms with van der Waals surface area (Å²) in [7, 11) is 1.67. The van der Waals surface area contributed by atoms with E-state index in [0.29, 0.717) is 0 Å². The van der Waals surface area contributed by atoms with Crippen LogP contribution in [0.5, 0.6) is 11.5 Å². The molecule has 0 spiro atoms. The first kappa shape index (κ1) is 23.1. The summed E-state index contributed by atoms with van der Waals surface area (Å²) in [6.45, 7) is 1.74. The van der Waals surface area contributed by atoms with Crippen molar-refractivity contribution in [2.75, 3.05) is 25.6 Å². The zero-order chi connectivity index (χ0) is 22.3. The fraction of sp³-hybridized carbons (Fsp3) is 0.259. The van der Waals surface area contributed by atoms with Crippen molar-refractivity contribution in [3.8, 4) is 11.5 Å². The van der Waals surface area contributed by atoms with Crippen molar-refractivity contribution in [1.82, 2.24) is 9.97 Å². The Morgan fingerprint density at radius 2 is 1.47 bits per heavy atom. The molecule has 2 heterocycles. The van der Waals surface area contributed by atoms with Crippen LogP contribution in [0.15, 0.2) is 91.4 Å². The van der Waals surface area contributed by atoms with Gasteiger partial charge in [0.05, 0.1) is 19.2 Å². The van der Waals surface area contributed by atoms with Crippen molar-refractivity contribution in [2.45, 2.75) is 25.7 Å². The average Bonchev–Trinajstić information content (AvgIpc) is 2.87. The highest BCUT2D eigenvalue weighted by atomic mass is 16.5. The number of hydrogen-bond acceptors (Lipinski definition) is 5. The van der Waals surface area contributed by atoms with Gasteiger partial charge in [-0.1, -0.05) is 37.1 Å². The Morgan fingerprint density at radius 3 is 2.19 bits per heavy atom. The third-order valence-corrected chi connectivity index (χ3v) is 4.93. The van der Waals surface area contributed by atoms with Gasteiger partial charge in [-0.25, -0.2) is 0 Å². The van der Waals surface area contributed by atoms with E-state index >= 15 is 0 Å². The Labute approximate surface area is 190 Å². The van der Waals surface area contributed by atoms with Gasteiger partial charge < -0.3 is 14.8 Å². The molecular weight excluding hydrogens is 398 g/mol. The second-order valence-electron chi connectivity index (χ2n) is 7.27. The smallest absolute Gasteiger partial charge is 0.119 e. The normalized spacial score (nSPS) is 10.2. The number of ether oxygens (including phenoxy) is 2. The molecule has 0 amide bonds. The van der Waals surface area contributed by atoms with E-state index in [0.717, 1.165) is 43.0 Å². The number of unbranched alkanes of at least 4 members (excludes halogenated alkanes) is 3. The lowest BCUT2D eigenvalue weighted by molar-refractivity contribution is 0.304. The molecule has 0 bridgehead atoms. The maximum absolute atomic E-state index is 5.75. The fourth-order valence-electron chi connectivity index (χ4n) is 3.23. The summed E-state index contributed by atoms with van der Waals surface area (Å²) in [4.78, 5) is 8.18. The lowest BCUT2D eigenvalue weighted by Crippen LogP contribution is -2.03. The van der Waals surface area contributed by atoms with Crippen LogP contribution in [0, 0.1) is 0 Å². The summed E-state index contributed by atoms with van der Waals surface area (Å²) in [6, 6.07) is 23.7. The molecular formula is C27H31N3O2. The molecule has 2 aromatic heterocycles. The minimum absolute atomic E-state index is 0.759. The van der Waals surface area contributed by atoms with E-state index < -0.39 is 0 Å². The van der Waals surface area contributed by atoms with Crippen molar-refractivity contribution in [3.63, 3.8) is 0 Å². The Morgan fingerprint density at radius 1 is 0.719 bits per heavy atom. The van der Waals surface area contributed by atoms with E-state index in [4.69, 9.17) is 9.47 Å². The van der Waals surface area contributed by atoms with Crippen LogP contribution < -0.4 is 14.8 Å². The number of nitrogens with zero attached hydrogens (tertiary/aromatic N) is 2. The molecule has 5 nitrogen and oxygen atoms in total. The lowest BCUT2D eigenvalue weighted by Gasteiger charge is -2.09. The highest BCUT2D eigenvalue weighted by Gasteiger charge is 2.00. The standard InChI is InChI=1S/C22H26N2O2.C5H5N/c1-25-18-10-12-19(13-11-18)26-17-7-3-2-6-15-23-22-14-16-24-21-9-5-4-8-20(21)22;1-2-4-6-5-3-1/h4-5,8-14,16H,2-3,6-7,15,17H2,1H3,(H,23,24);1-5H. The number of pyridine rings is 2. The number of fused-ring (bicyclic) bond motifs is 1. The summed E-state index contributed by atoms with van der Waals surface area (Å²) < 4.78 is 10.9. The third-order valence-electron chi connectivity index (χ3n) is 4.93. The van der Waals surface area contributed by atoms with Crippen LogP contribution in [0.25, 0.3) is 10.9 Å². The van der Waals surface area contributed by atoms with Crippen molar-refractivity contribution in [2.24, 2.45) is 0 Å². The Hall–Kier alpha value is -3.60. The van der Waals surface area contributed by atoms with Crippen molar-refractivity contribution in [3.05, 3.63) is 91.4 Å². The van der Waals surface area contributed by atoms with Gasteiger partial charge in [0.2, 0.25) is 0 Å². The van der Waals surface area contributed by atoms with E-state index in [1.807, 2.05) is 66.9 Å². The molecule has 2 aromatic carbocycles. The number of rotatable bonds is 10. The maximum Gasteiger partial charge on any atom is 0.119 e. The van der Waals surface area contributed by atoms with Crippen molar-refractivity contribution < 1.29 is 9.47 Å². The number of nitrogens with one attached hydrogen (secondary N) is 1. The highest BCUT2D eigenvalue weighted by Crippen LogP contribution is 2.21. The van der Waals surface area contributed by atoms with Gasteiger partial charge in [-0.15, -0.1) is 0 Å². The second kappa shape index (κ2) is 13.7. The molecule has 0 radical (unpaired) electrons. The first-order valence-electron chi connectivity index (χ1n) is 11.1. The molecule has 0 aliphatic heterocycles. The lowest BCUT2D eigenvalue weighted by atomic mass is 10.1. The summed E-state index contributed by atoms with van der Waals surface area (Å²) in [5.41, 5.74) is 2.20. The van der Waals surface area contributed by atoms with Crippen molar-refractivity contribution in [1.29, 1.82) is 0 Å². The monoisotopic (exact) mass is 429 g/mol. The topological polar surface area (TPSA) is 56.3 Å². The van der Waals surface area contributed by atoms with Crippen molar-refractivity contribution >= 4 is 16.6 Å². The number of aromatic nitrogens is 2. The Bertz CT molecular complexity index is 992. The van der Waals surface area contributed by atoms with E-state index in [2.05, 4.69) is 27.4 Å². The minimum atomic E-state index is 0.759. The molecule has 4 rings (SSSR count). The van der Waals surface area contributed by atoms with Gasteiger partial charge in [-0.3, -0.25) is 9.97 Å². The van der Waals surface area contributed by atoms with Crippen LogP contribution in [0.2, 0.25) is 0 Å². The molecule has 0 unspecified atom stereocenters. The molecule has 0 atom stereocenters. The molecule has 32 heavy (non-hydrogen) atoms. The molecule has 0 saturated heterocycles. The SMILES string of the molecule is COc1ccc(OCCCCCCNc2ccnc3ccccc23)cc1.c1ccncc1. The van der Waals surface area contributed by atoms with E-state index in [1.165, 1.54) is 23.9 Å². The average molecular weight is 430 g/mol. The predicted octanol–water partition coefficient (Wildman–Crippen LogP) is 6.38. The molecule has 166 valence electrons. The van der Waals surface area contributed by atoms with Gasteiger partial charge in [-0.05, 0) is 61.4 Å². The second-order valence-corrected chi connectivity index (χ2v) is 7.27. The number of anilines is 1. The predicted molar refractivity (Wildman–Crippen MR) is 131 cm³/mol. The molecule has 0 aliphatic rings. The quantitative estimate of drug-likeness (QED) is 0.297. The van der Waals surface area contributed by atoms with E-state index in [9.17, 15) is 0 Å². The van der Waals surface area contributed by atoms with Crippen LogP contribution in [0.3, 0.4) is 0 Å². The summed E-state index contributed by atoms with van der Waals surface area (Å²) in [5, 5.41) is 4.72. The van der Waals surface area contributed by atoms with Crippen LogP contribution in [0.4, 0.5) is 5.69 Å². The molecule has 0 aliphatic carbocycles. The number of methoxy groups -OCH3 is 1. The van der Waals surface area contributed by atoms with Crippen LogP contribution in [0.1, 0.15) is 25.7 Å². The van der Waals surface area contributed by atoms with Gasteiger partial charge in [0.1, 0.15) is 11.5 Å². The first-order valence-corrected chi connectivity index (χ1v) is 11.1. The van der Waals surface area contributed by atoms with Gasteiger partial charge >= 0.3 is 0 Å². The highest BCUT2D eigenvalue weighted by molar-refractivity contribution is 5.90. The summed E-state index contributed by atoms with van der Waals surface area (Å²) in [6.07, 6.45) is 9.96. The van der Waals surface area contributed by atoms with E-state index in [1.54, 1.807) is 19.5 Å². The van der Waals surface area contributed by atoms with Crippen LogP contribution in [-0.2, 0) is 0 Å². The molecule has 0 fully saturated rings. The van der Waals surface area contributed by atoms with Gasteiger partial charge in [0.15, 0.2) is 0 Å². The Balaban J connectivity index is 0.000000416. The molecule has 1 N–H and O–H groups in total. The minimum Gasteiger partial charge on any atom is -0.497 e. The first-order chi connectivity index (χ1) is 15.9. The summed E-state index contributed by atoms with van der Waals surface area (Å²) in [5.74, 6) is 1.75. The third kappa shape index (κ3) is 7.91. The zero-order valence-corrected chi connectivity index (χ0v) is 18.6. The van der Waals surface area contributed by atoms with E-state index in [-0.39, 0.29) is 0 Å². The molecule has 4 aromatic rings. The maximum atomic E-state index is 5.75. The fourth-order valence-corrected chi connectivity index (χ4v) is 3.23. The largest absolute Gasteiger partial charge is 0.497 e. The Kier molecular flexibility index (Phi) is 9.84. The number of hydrogen-bond donors (Lipinski definition) is 1.